The van der Waals surface area contributed by atoms with Crippen molar-refractivity contribution in [2.45, 2.75) is 37.7 Å². The van der Waals surface area contributed by atoms with E-state index >= 15 is 0 Å². The normalized spacial score (nSPS) is 24.3. The van der Waals surface area contributed by atoms with Crippen molar-refractivity contribution in [3.05, 3.63) is 35.9 Å². The van der Waals surface area contributed by atoms with Crippen molar-refractivity contribution >= 4 is 21.9 Å². The molecule has 0 amide bonds. The van der Waals surface area contributed by atoms with Gasteiger partial charge in [0.2, 0.25) is 0 Å². The maximum absolute atomic E-state index is 11.4. The molecule has 0 radical (unpaired) electrons. The topological polar surface area (TPSA) is 26.3 Å². The fourth-order valence-electron chi connectivity index (χ4n) is 2.52. The molecule has 1 saturated carbocycles. The van der Waals surface area contributed by atoms with E-state index in [-0.39, 0.29) is 17.4 Å². The van der Waals surface area contributed by atoms with Gasteiger partial charge in [-0.25, -0.2) is 0 Å². The third kappa shape index (κ3) is 3.32. The van der Waals surface area contributed by atoms with Crippen LogP contribution in [0.4, 0.5) is 0 Å². The SMILES string of the molecule is O=C(CBr)O[C@@H]1CCCC[C@H]1c1ccccc1. The van der Waals surface area contributed by atoms with Crippen molar-refractivity contribution < 1.29 is 9.53 Å². The molecule has 2 atom stereocenters. The van der Waals surface area contributed by atoms with E-state index in [2.05, 4.69) is 28.1 Å². The molecule has 0 saturated heterocycles. The molecular weight excluding hydrogens is 280 g/mol. The molecule has 17 heavy (non-hydrogen) atoms. The number of halogens is 1. The fraction of sp³-hybridized carbons (Fsp3) is 0.500. The van der Waals surface area contributed by atoms with Gasteiger partial charge >= 0.3 is 5.97 Å². The number of hydrogen-bond donors (Lipinski definition) is 0. The van der Waals surface area contributed by atoms with Gasteiger partial charge in [-0.2, -0.15) is 0 Å². The van der Waals surface area contributed by atoms with E-state index in [1.165, 1.54) is 12.0 Å². The van der Waals surface area contributed by atoms with Crippen molar-refractivity contribution in [3.63, 3.8) is 0 Å². The molecule has 0 aromatic heterocycles. The summed E-state index contributed by atoms with van der Waals surface area (Å²) in [5, 5.41) is 0.283. The lowest BCUT2D eigenvalue weighted by Gasteiger charge is -2.31. The molecule has 0 aliphatic heterocycles. The van der Waals surface area contributed by atoms with E-state index < -0.39 is 0 Å². The highest BCUT2D eigenvalue weighted by molar-refractivity contribution is 9.09. The van der Waals surface area contributed by atoms with Gasteiger partial charge in [-0.1, -0.05) is 52.7 Å². The number of carbonyl (C=O) groups excluding carboxylic acids is 1. The Morgan fingerprint density at radius 2 is 1.94 bits per heavy atom. The summed E-state index contributed by atoms with van der Waals surface area (Å²) in [5.41, 5.74) is 1.29. The van der Waals surface area contributed by atoms with Crippen molar-refractivity contribution in [1.82, 2.24) is 0 Å². The molecule has 1 fully saturated rings. The Kier molecular flexibility index (Phi) is 4.60. The third-order valence-electron chi connectivity index (χ3n) is 3.32. The summed E-state index contributed by atoms with van der Waals surface area (Å²) < 4.78 is 5.52. The van der Waals surface area contributed by atoms with E-state index in [4.69, 9.17) is 4.74 Å². The van der Waals surface area contributed by atoms with Crippen LogP contribution in [0.3, 0.4) is 0 Å². The molecule has 0 unspecified atom stereocenters. The monoisotopic (exact) mass is 296 g/mol. The van der Waals surface area contributed by atoms with Gasteiger partial charge in [0.1, 0.15) is 11.4 Å². The number of benzene rings is 1. The van der Waals surface area contributed by atoms with E-state index in [0.717, 1.165) is 19.3 Å². The first-order valence-corrected chi connectivity index (χ1v) is 7.24. The zero-order chi connectivity index (χ0) is 12.1. The second-order valence-electron chi connectivity index (χ2n) is 4.46. The molecule has 0 bridgehead atoms. The Bertz CT molecular complexity index is 364. The zero-order valence-corrected chi connectivity index (χ0v) is 11.4. The Hall–Kier alpha value is -0.830. The summed E-state index contributed by atoms with van der Waals surface area (Å²) in [7, 11) is 0. The number of rotatable bonds is 3. The molecule has 0 heterocycles. The average molecular weight is 297 g/mol. The number of ether oxygens (including phenoxy) is 1. The van der Waals surface area contributed by atoms with Crippen molar-refractivity contribution in [2.24, 2.45) is 0 Å². The maximum Gasteiger partial charge on any atom is 0.316 e. The van der Waals surface area contributed by atoms with Gasteiger partial charge < -0.3 is 4.74 Å². The predicted octanol–water partition coefficient (Wildman–Crippen LogP) is 3.65. The van der Waals surface area contributed by atoms with Crippen LogP contribution < -0.4 is 0 Å². The van der Waals surface area contributed by atoms with Crippen LogP contribution in [-0.2, 0) is 9.53 Å². The molecule has 2 rings (SSSR count). The lowest BCUT2D eigenvalue weighted by Crippen LogP contribution is -2.29. The number of carbonyl (C=O) groups is 1. The van der Waals surface area contributed by atoms with Crippen LogP contribution in [0.5, 0.6) is 0 Å². The predicted molar refractivity (Wildman–Crippen MR) is 71.3 cm³/mol. The lowest BCUT2D eigenvalue weighted by molar-refractivity contribution is -0.148. The Morgan fingerprint density at radius 3 is 2.65 bits per heavy atom. The molecule has 0 N–H and O–H groups in total. The van der Waals surface area contributed by atoms with Gasteiger partial charge in [-0.15, -0.1) is 0 Å². The van der Waals surface area contributed by atoms with Crippen LogP contribution in [-0.4, -0.2) is 17.4 Å². The van der Waals surface area contributed by atoms with Gasteiger partial charge in [0.25, 0.3) is 0 Å². The first-order chi connectivity index (χ1) is 8.31. The second-order valence-corrected chi connectivity index (χ2v) is 5.02. The van der Waals surface area contributed by atoms with Crippen LogP contribution in [0.2, 0.25) is 0 Å². The molecule has 1 aromatic rings. The molecular formula is C14H17BrO2. The summed E-state index contributed by atoms with van der Waals surface area (Å²) in [6.45, 7) is 0. The summed E-state index contributed by atoms with van der Waals surface area (Å²) in [6.07, 6.45) is 4.53. The lowest BCUT2D eigenvalue weighted by atomic mass is 9.81. The van der Waals surface area contributed by atoms with Gasteiger partial charge in [-0.05, 0) is 24.8 Å². The van der Waals surface area contributed by atoms with Crippen LogP contribution in [0.1, 0.15) is 37.2 Å². The first kappa shape index (κ1) is 12.6. The van der Waals surface area contributed by atoms with Crippen molar-refractivity contribution in [3.8, 4) is 0 Å². The van der Waals surface area contributed by atoms with Crippen molar-refractivity contribution in [1.29, 1.82) is 0 Å². The summed E-state index contributed by atoms with van der Waals surface area (Å²) >= 11 is 3.14. The van der Waals surface area contributed by atoms with Crippen LogP contribution >= 0.6 is 15.9 Å². The number of hydrogen-bond acceptors (Lipinski definition) is 2. The Morgan fingerprint density at radius 1 is 1.24 bits per heavy atom. The summed E-state index contributed by atoms with van der Waals surface area (Å²) in [6, 6.07) is 10.4. The average Bonchev–Trinajstić information content (AvgIpc) is 2.40. The zero-order valence-electron chi connectivity index (χ0n) is 9.77. The molecule has 3 heteroatoms. The third-order valence-corrected chi connectivity index (χ3v) is 3.78. The Balaban J connectivity index is 2.09. The summed E-state index contributed by atoms with van der Waals surface area (Å²) in [5.74, 6) is 0.214. The molecule has 2 nitrogen and oxygen atoms in total. The largest absolute Gasteiger partial charge is 0.461 e. The molecule has 1 aromatic carbocycles. The van der Waals surface area contributed by atoms with Crippen LogP contribution in [0.15, 0.2) is 30.3 Å². The van der Waals surface area contributed by atoms with Gasteiger partial charge in [0.15, 0.2) is 0 Å². The van der Waals surface area contributed by atoms with Crippen LogP contribution in [0, 0.1) is 0 Å². The van der Waals surface area contributed by atoms with Gasteiger partial charge in [0.05, 0.1) is 0 Å². The highest BCUT2D eigenvalue weighted by atomic mass is 79.9. The van der Waals surface area contributed by atoms with E-state index in [0.29, 0.717) is 5.92 Å². The van der Waals surface area contributed by atoms with Gasteiger partial charge in [-0.3, -0.25) is 4.79 Å². The standard InChI is InChI=1S/C14H17BrO2/c15-10-14(16)17-13-9-5-4-8-12(13)11-6-2-1-3-7-11/h1-3,6-7,12-13H,4-5,8-10H2/t12-,13+/m0/s1. The fourth-order valence-corrected chi connectivity index (χ4v) is 2.65. The van der Waals surface area contributed by atoms with E-state index in [1.807, 2.05) is 18.2 Å². The number of esters is 1. The number of alkyl halides is 1. The highest BCUT2D eigenvalue weighted by Gasteiger charge is 2.29. The minimum Gasteiger partial charge on any atom is -0.461 e. The molecule has 0 spiro atoms. The smallest absolute Gasteiger partial charge is 0.316 e. The quantitative estimate of drug-likeness (QED) is 0.629. The summed E-state index contributed by atoms with van der Waals surface area (Å²) in [4.78, 5) is 11.4. The minimum absolute atomic E-state index is 0.0520. The molecule has 92 valence electrons. The van der Waals surface area contributed by atoms with E-state index in [1.54, 1.807) is 0 Å². The minimum atomic E-state index is -0.155. The van der Waals surface area contributed by atoms with Gasteiger partial charge in [0, 0.05) is 5.92 Å². The molecule has 1 aliphatic carbocycles. The van der Waals surface area contributed by atoms with Crippen molar-refractivity contribution in [2.75, 3.05) is 5.33 Å². The maximum atomic E-state index is 11.4. The second kappa shape index (κ2) is 6.20. The molecule has 1 aliphatic rings. The van der Waals surface area contributed by atoms with E-state index in [9.17, 15) is 4.79 Å². The van der Waals surface area contributed by atoms with Crippen LogP contribution in [0.25, 0.3) is 0 Å². The first-order valence-electron chi connectivity index (χ1n) is 6.11. The highest BCUT2D eigenvalue weighted by Crippen LogP contribution is 2.34. The Labute approximate surface area is 110 Å².